The number of hydrogen-bond donors (Lipinski definition) is 0. The minimum atomic E-state index is -0.330. The van der Waals surface area contributed by atoms with Gasteiger partial charge in [-0.05, 0) is 46.0 Å². The average Bonchev–Trinajstić information content (AvgIpc) is 2.25. The van der Waals surface area contributed by atoms with Crippen molar-refractivity contribution in [3.63, 3.8) is 0 Å². The predicted octanol–water partition coefficient (Wildman–Crippen LogP) is 3.23. The number of carbonyl (C=O) groups excluding carboxylic acids is 1. The summed E-state index contributed by atoms with van der Waals surface area (Å²) in [6, 6.07) is 0. The molecule has 0 heterocycles. The van der Waals surface area contributed by atoms with Gasteiger partial charge < -0.3 is 9.22 Å². The van der Waals surface area contributed by atoms with Crippen molar-refractivity contribution in [3.8, 4) is 0 Å². The first-order chi connectivity index (χ1) is 8.19. The van der Waals surface area contributed by atoms with Crippen LogP contribution in [0.4, 0.5) is 0 Å². The van der Waals surface area contributed by atoms with Crippen molar-refractivity contribution in [1.82, 2.24) is 0 Å². The van der Waals surface area contributed by atoms with E-state index in [1.807, 2.05) is 20.8 Å². The summed E-state index contributed by atoms with van der Waals surface area (Å²) < 4.78 is 6.33. The summed E-state index contributed by atoms with van der Waals surface area (Å²) in [6.07, 6.45) is 5.44. The van der Waals surface area contributed by atoms with Gasteiger partial charge in [-0.25, -0.2) is 0 Å². The van der Waals surface area contributed by atoms with Crippen LogP contribution in [0.2, 0.25) is 0 Å². The Morgan fingerprint density at radius 1 is 1.06 bits per heavy atom. The highest BCUT2D eigenvalue weighted by atomic mass is 16.5. The standard InChI is InChI=1S/C15H32NO2/c1-7-15(2,3)14(17)18-13-11-9-8-10-12-16(4,5)6/h7-13H2,1-6H3/q+1. The molecule has 0 aliphatic carbocycles. The van der Waals surface area contributed by atoms with Gasteiger partial charge in [0.2, 0.25) is 0 Å². The molecule has 0 saturated carbocycles. The van der Waals surface area contributed by atoms with E-state index in [9.17, 15) is 4.79 Å². The lowest BCUT2D eigenvalue weighted by Gasteiger charge is -2.23. The summed E-state index contributed by atoms with van der Waals surface area (Å²) in [4.78, 5) is 11.7. The van der Waals surface area contributed by atoms with Gasteiger partial charge in [0.25, 0.3) is 0 Å². The van der Waals surface area contributed by atoms with Crippen molar-refractivity contribution in [2.45, 2.75) is 52.9 Å². The number of esters is 1. The first kappa shape index (κ1) is 17.4. The fraction of sp³-hybridized carbons (Fsp3) is 0.933. The van der Waals surface area contributed by atoms with Gasteiger partial charge in [-0.3, -0.25) is 4.79 Å². The summed E-state index contributed by atoms with van der Waals surface area (Å²) in [7, 11) is 6.65. The first-order valence-electron chi connectivity index (χ1n) is 7.17. The lowest BCUT2D eigenvalue weighted by atomic mass is 9.91. The zero-order valence-electron chi connectivity index (χ0n) is 13.2. The van der Waals surface area contributed by atoms with Crippen LogP contribution in [-0.2, 0) is 9.53 Å². The molecule has 0 atom stereocenters. The quantitative estimate of drug-likeness (QED) is 0.360. The predicted molar refractivity (Wildman–Crippen MR) is 76.4 cm³/mol. The van der Waals surface area contributed by atoms with Crippen LogP contribution < -0.4 is 0 Å². The third-order valence-corrected chi connectivity index (χ3v) is 3.39. The van der Waals surface area contributed by atoms with Crippen molar-refractivity contribution >= 4 is 5.97 Å². The Morgan fingerprint density at radius 2 is 1.61 bits per heavy atom. The largest absolute Gasteiger partial charge is 0.465 e. The minimum Gasteiger partial charge on any atom is -0.465 e. The molecule has 0 aromatic rings. The monoisotopic (exact) mass is 258 g/mol. The fourth-order valence-electron chi connectivity index (χ4n) is 1.55. The molecule has 3 nitrogen and oxygen atoms in total. The van der Waals surface area contributed by atoms with Crippen molar-refractivity contribution in [1.29, 1.82) is 0 Å². The van der Waals surface area contributed by atoms with Gasteiger partial charge in [-0.2, -0.15) is 0 Å². The molecular weight excluding hydrogens is 226 g/mol. The van der Waals surface area contributed by atoms with Gasteiger partial charge in [0.15, 0.2) is 0 Å². The molecule has 0 saturated heterocycles. The first-order valence-corrected chi connectivity index (χ1v) is 7.17. The zero-order chi connectivity index (χ0) is 14.2. The van der Waals surface area contributed by atoms with E-state index >= 15 is 0 Å². The van der Waals surface area contributed by atoms with Crippen LogP contribution in [-0.4, -0.2) is 44.7 Å². The van der Waals surface area contributed by atoms with E-state index in [4.69, 9.17) is 4.74 Å². The molecule has 18 heavy (non-hydrogen) atoms. The molecule has 0 bridgehead atoms. The van der Waals surface area contributed by atoms with E-state index in [1.54, 1.807) is 0 Å². The number of nitrogens with zero attached hydrogens (tertiary/aromatic N) is 1. The number of rotatable bonds is 9. The highest BCUT2D eigenvalue weighted by molar-refractivity contribution is 5.75. The minimum absolute atomic E-state index is 0.0589. The second-order valence-electron chi connectivity index (χ2n) is 6.80. The van der Waals surface area contributed by atoms with Gasteiger partial charge in [0, 0.05) is 0 Å². The highest BCUT2D eigenvalue weighted by Gasteiger charge is 2.26. The van der Waals surface area contributed by atoms with Gasteiger partial charge in [0.05, 0.1) is 39.7 Å². The Labute approximate surface area is 113 Å². The van der Waals surface area contributed by atoms with Crippen molar-refractivity contribution in [3.05, 3.63) is 0 Å². The average molecular weight is 258 g/mol. The summed E-state index contributed by atoms with van der Waals surface area (Å²) in [6.45, 7) is 7.69. The number of ether oxygens (including phenoxy) is 1. The van der Waals surface area contributed by atoms with Crippen LogP contribution in [0.5, 0.6) is 0 Å². The SMILES string of the molecule is CCC(C)(C)C(=O)OCCCCCC[N+](C)(C)C. The lowest BCUT2D eigenvalue weighted by Crippen LogP contribution is -2.35. The van der Waals surface area contributed by atoms with Crippen molar-refractivity contribution in [2.75, 3.05) is 34.3 Å². The molecule has 3 heteroatoms. The molecule has 0 aliphatic heterocycles. The molecule has 0 radical (unpaired) electrons. The molecule has 0 amide bonds. The smallest absolute Gasteiger partial charge is 0.311 e. The van der Waals surface area contributed by atoms with E-state index in [0.717, 1.165) is 23.7 Å². The molecule has 0 fully saturated rings. The maximum absolute atomic E-state index is 11.7. The summed E-state index contributed by atoms with van der Waals surface area (Å²) in [5.74, 6) is -0.0589. The van der Waals surface area contributed by atoms with E-state index in [2.05, 4.69) is 21.1 Å². The highest BCUT2D eigenvalue weighted by Crippen LogP contribution is 2.21. The van der Waals surface area contributed by atoms with Gasteiger partial charge >= 0.3 is 5.97 Å². The third-order valence-electron chi connectivity index (χ3n) is 3.39. The Balaban J connectivity index is 3.50. The topological polar surface area (TPSA) is 26.3 Å². The van der Waals surface area contributed by atoms with E-state index < -0.39 is 0 Å². The third kappa shape index (κ3) is 8.51. The molecule has 0 N–H and O–H groups in total. The van der Waals surface area contributed by atoms with Crippen LogP contribution in [0.15, 0.2) is 0 Å². The Kier molecular flexibility index (Phi) is 7.53. The lowest BCUT2D eigenvalue weighted by molar-refractivity contribution is -0.870. The number of quaternary nitrogens is 1. The molecule has 0 rings (SSSR count). The molecule has 0 aromatic carbocycles. The molecular formula is C15H32NO2+. The van der Waals surface area contributed by atoms with Crippen molar-refractivity contribution in [2.24, 2.45) is 5.41 Å². The Morgan fingerprint density at radius 3 is 2.11 bits per heavy atom. The second-order valence-corrected chi connectivity index (χ2v) is 6.80. The van der Waals surface area contributed by atoms with Gasteiger partial charge in [0.1, 0.15) is 0 Å². The number of hydrogen-bond acceptors (Lipinski definition) is 2. The normalized spacial score (nSPS) is 12.6. The molecule has 0 unspecified atom stereocenters. The van der Waals surface area contributed by atoms with Crippen LogP contribution in [0, 0.1) is 5.41 Å². The summed E-state index contributed by atoms with van der Waals surface area (Å²) >= 11 is 0. The van der Waals surface area contributed by atoms with E-state index in [-0.39, 0.29) is 11.4 Å². The van der Waals surface area contributed by atoms with Crippen LogP contribution in [0.1, 0.15) is 52.9 Å². The van der Waals surface area contributed by atoms with Gasteiger partial charge in [-0.1, -0.05) is 6.92 Å². The molecule has 0 aliphatic rings. The number of unbranched alkanes of at least 4 members (excludes halogenated alkanes) is 3. The van der Waals surface area contributed by atoms with Crippen LogP contribution in [0.3, 0.4) is 0 Å². The fourth-order valence-corrected chi connectivity index (χ4v) is 1.55. The summed E-state index contributed by atoms with van der Waals surface area (Å²) in [5.41, 5.74) is -0.330. The van der Waals surface area contributed by atoms with Crippen LogP contribution >= 0.6 is 0 Å². The Hall–Kier alpha value is -0.570. The zero-order valence-corrected chi connectivity index (χ0v) is 13.2. The maximum Gasteiger partial charge on any atom is 0.311 e. The number of carbonyl (C=O) groups is 1. The second kappa shape index (κ2) is 7.78. The van der Waals surface area contributed by atoms with Crippen molar-refractivity contribution < 1.29 is 14.0 Å². The van der Waals surface area contributed by atoms with E-state index in [0.29, 0.717) is 6.61 Å². The Bertz CT molecular complexity index is 241. The van der Waals surface area contributed by atoms with Gasteiger partial charge in [-0.15, -0.1) is 0 Å². The maximum atomic E-state index is 11.7. The summed E-state index contributed by atoms with van der Waals surface area (Å²) in [5, 5.41) is 0. The molecule has 0 spiro atoms. The van der Waals surface area contributed by atoms with Crippen LogP contribution in [0.25, 0.3) is 0 Å². The van der Waals surface area contributed by atoms with E-state index in [1.165, 1.54) is 19.4 Å². The molecule has 108 valence electrons. The molecule has 0 aromatic heterocycles.